The summed E-state index contributed by atoms with van der Waals surface area (Å²) >= 11 is 0. The Morgan fingerprint density at radius 1 is 1.28 bits per heavy atom. The molecule has 2 fully saturated rings. The molecule has 1 unspecified atom stereocenters. The van der Waals surface area contributed by atoms with Gasteiger partial charge < -0.3 is 10.1 Å². The SMILES string of the molecule is CCOC1CCCN(S(=O)(=O)C2CCNCC2)C1. The number of hydrogen-bond acceptors (Lipinski definition) is 4. The van der Waals surface area contributed by atoms with Gasteiger partial charge >= 0.3 is 0 Å². The highest BCUT2D eigenvalue weighted by molar-refractivity contribution is 7.89. The lowest BCUT2D eigenvalue weighted by molar-refractivity contribution is 0.0262. The quantitative estimate of drug-likeness (QED) is 0.815. The number of ether oxygens (including phenoxy) is 1. The minimum absolute atomic E-state index is 0.0836. The third-order valence-corrected chi connectivity index (χ3v) is 6.18. The molecule has 18 heavy (non-hydrogen) atoms. The third-order valence-electron chi connectivity index (χ3n) is 3.81. The lowest BCUT2D eigenvalue weighted by atomic mass is 10.1. The molecule has 0 radical (unpaired) electrons. The fourth-order valence-corrected chi connectivity index (χ4v) is 4.82. The Morgan fingerprint density at radius 3 is 2.67 bits per heavy atom. The zero-order chi connectivity index (χ0) is 13.0. The molecule has 5 nitrogen and oxygen atoms in total. The molecular formula is C12H24N2O3S. The molecule has 2 rings (SSSR count). The van der Waals surface area contributed by atoms with Crippen LogP contribution in [0.2, 0.25) is 0 Å². The van der Waals surface area contributed by atoms with E-state index >= 15 is 0 Å². The Kier molecular flexibility index (Phi) is 5.00. The lowest BCUT2D eigenvalue weighted by Gasteiger charge is -2.35. The van der Waals surface area contributed by atoms with Crippen molar-refractivity contribution >= 4 is 10.0 Å². The van der Waals surface area contributed by atoms with Crippen LogP contribution in [0.15, 0.2) is 0 Å². The second-order valence-electron chi connectivity index (χ2n) is 5.07. The summed E-state index contributed by atoms with van der Waals surface area (Å²) in [6.07, 6.45) is 3.44. The van der Waals surface area contributed by atoms with Crippen molar-refractivity contribution in [3.05, 3.63) is 0 Å². The van der Waals surface area contributed by atoms with E-state index in [1.807, 2.05) is 6.92 Å². The van der Waals surface area contributed by atoms with E-state index < -0.39 is 10.0 Å². The molecular weight excluding hydrogens is 252 g/mol. The van der Waals surface area contributed by atoms with Gasteiger partial charge in [-0.2, -0.15) is 4.31 Å². The maximum Gasteiger partial charge on any atom is 0.217 e. The number of sulfonamides is 1. The number of hydrogen-bond donors (Lipinski definition) is 1. The monoisotopic (exact) mass is 276 g/mol. The van der Waals surface area contributed by atoms with Crippen molar-refractivity contribution in [2.75, 3.05) is 32.8 Å². The minimum Gasteiger partial charge on any atom is -0.377 e. The van der Waals surface area contributed by atoms with Gasteiger partial charge in [-0.05, 0) is 45.7 Å². The highest BCUT2D eigenvalue weighted by atomic mass is 32.2. The van der Waals surface area contributed by atoms with Gasteiger partial charge in [-0.1, -0.05) is 0 Å². The average molecular weight is 276 g/mol. The van der Waals surface area contributed by atoms with Crippen LogP contribution in [-0.2, 0) is 14.8 Å². The first-order chi connectivity index (χ1) is 8.64. The van der Waals surface area contributed by atoms with Crippen LogP contribution >= 0.6 is 0 Å². The van der Waals surface area contributed by atoms with E-state index in [0.717, 1.165) is 38.8 Å². The van der Waals surface area contributed by atoms with E-state index in [1.54, 1.807) is 4.31 Å². The largest absolute Gasteiger partial charge is 0.377 e. The molecule has 0 aliphatic carbocycles. The van der Waals surface area contributed by atoms with Crippen molar-refractivity contribution in [3.63, 3.8) is 0 Å². The fraction of sp³-hybridized carbons (Fsp3) is 1.00. The van der Waals surface area contributed by atoms with Crippen molar-refractivity contribution in [1.29, 1.82) is 0 Å². The average Bonchev–Trinajstić information content (AvgIpc) is 2.40. The topological polar surface area (TPSA) is 58.6 Å². The maximum absolute atomic E-state index is 12.5. The standard InChI is InChI=1S/C12H24N2O3S/c1-2-17-11-4-3-9-14(10-11)18(15,16)12-5-7-13-8-6-12/h11-13H,2-10H2,1H3. The molecule has 0 spiro atoms. The first kappa shape index (κ1) is 14.2. The molecule has 6 heteroatoms. The van der Waals surface area contributed by atoms with E-state index in [2.05, 4.69) is 5.32 Å². The predicted octanol–water partition coefficient (Wildman–Crippen LogP) is 0.569. The number of rotatable bonds is 4. The van der Waals surface area contributed by atoms with Gasteiger partial charge in [0.1, 0.15) is 0 Å². The zero-order valence-corrected chi connectivity index (χ0v) is 11.9. The van der Waals surface area contributed by atoms with Crippen LogP contribution in [0.25, 0.3) is 0 Å². The van der Waals surface area contributed by atoms with Crippen LogP contribution < -0.4 is 5.32 Å². The van der Waals surface area contributed by atoms with Gasteiger partial charge in [0.2, 0.25) is 10.0 Å². The van der Waals surface area contributed by atoms with E-state index in [9.17, 15) is 8.42 Å². The molecule has 0 saturated carbocycles. The van der Waals surface area contributed by atoms with Crippen LogP contribution in [0.5, 0.6) is 0 Å². The van der Waals surface area contributed by atoms with Gasteiger partial charge in [0.25, 0.3) is 0 Å². The Balaban J connectivity index is 1.99. The second-order valence-corrected chi connectivity index (χ2v) is 7.28. The zero-order valence-electron chi connectivity index (χ0n) is 11.1. The molecule has 106 valence electrons. The van der Waals surface area contributed by atoms with E-state index in [1.165, 1.54) is 0 Å². The molecule has 1 N–H and O–H groups in total. The molecule has 1 atom stereocenters. The van der Waals surface area contributed by atoms with Crippen LogP contribution in [0.3, 0.4) is 0 Å². The summed E-state index contributed by atoms with van der Waals surface area (Å²) in [5, 5.41) is 3.02. The summed E-state index contributed by atoms with van der Waals surface area (Å²) in [5.41, 5.74) is 0. The van der Waals surface area contributed by atoms with Crippen molar-refractivity contribution in [2.45, 2.75) is 44.0 Å². The second kappa shape index (κ2) is 6.32. The first-order valence-electron chi connectivity index (χ1n) is 6.96. The summed E-state index contributed by atoms with van der Waals surface area (Å²) in [6, 6.07) is 0. The van der Waals surface area contributed by atoms with Gasteiger partial charge in [0.15, 0.2) is 0 Å². The third kappa shape index (κ3) is 3.23. The molecule has 0 aromatic heterocycles. The van der Waals surface area contributed by atoms with Crippen molar-refractivity contribution in [2.24, 2.45) is 0 Å². The molecule has 2 aliphatic heterocycles. The first-order valence-corrected chi connectivity index (χ1v) is 8.46. The molecule has 0 aromatic carbocycles. The van der Waals surface area contributed by atoms with Gasteiger partial charge in [0, 0.05) is 19.7 Å². The molecule has 2 heterocycles. The molecule has 0 aromatic rings. The molecule has 0 bridgehead atoms. The summed E-state index contributed by atoms with van der Waals surface area (Å²) < 4.78 is 32.3. The fourth-order valence-electron chi connectivity index (χ4n) is 2.81. The Hall–Kier alpha value is -0.170. The summed E-state index contributed by atoms with van der Waals surface area (Å²) in [6.45, 7) is 5.45. The van der Waals surface area contributed by atoms with Crippen molar-refractivity contribution in [1.82, 2.24) is 9.62 Å². The van der Waals surface area contributed by atoms with Crippen LogP contribution in [0.1, 0.15) is 32.6 Å². The highest BCUT2D eigenvalue weighted by Gasteiger charge is 2.35. The highest BCUT2D eigenvalue weighted by Crippen LogP contribution is 2.23. The van der Waals surface area contributed by atoms with Crippen molar-refractivity contribution < 1.29 is 13.2 Å². The Morgan fingerprint density at radius 2 is 2.00 bits per heavy atom. The van der Waals surface area contributed by atoms with Crippen LogP contribution in [-0.4, -0.2) is 56.9 Å². The number of nitrogens with zero attached hydrogens (tertiary/aromatic N) is 1. The summed E-state index contributed by atoms with van der Waals surface area (Å²) in [5.74, 6) is 0. The van der Waals surface area contributed by atoms with Gasteiger partial charge in [-0.3, -0.25) is 0 Å². The van der Waals surface area contributed by atoms with E-state index in [-0.39, 0.29) is 11.4 Å². The number of piperidine rings is 2. The Bertz CT molecular complexity index is 350. The molecule has 2 aliphatic rings. The van der Waals surface area contributed by atoms with Gasteiger partial charge in [-0.15, -0.1) is 0 Å². The normalized spacial score (nSPS) is 28.4. The van der Waals surface area contributed by atoms with E-state index in [0.29, 0.717) is 19.7 Å². The van der Waals surface area contributed by atoms with Crippen molar-refractivity contribution in [3.8, 4) is 0 Å². The van der Waals surface area contributed by atoms with E-state index in [4.69, 9.17) is 4.74 Å². The predicted molar refractivity (Wildman–Crippen MR) is 71.0 cm³/mol. The molecule has 0 amide bonds. The lowest BCUT2D eigenvalue weighted by Crippen LogP contribution is -2.49. The van der Waals surface area contributed by atoms with Crippen LogP contribution in [0, 0.1) is 0 Å². The van der Waals surface area contributed by atoms with Gasteiger partial charge in [0.05, 0.1) is 11.4 Å². The van der Waals surface area contributed by atoms with Crippen LogP contribution in [0.4, 0.5) is 0 Å². The summed E-state index contributed by atoms with van der Waals surface area (Å²) in [7, 11) is -3.12. The number of nitrogens with one attached hydrogen (secondary N) is 1. The maximum atomic E-state index is 12.5. The molecule has 2 saturated heterocycles. The smallest absolute Gasteiger partial charge is 0.217 e. The summed E-state index contributed by atoms with van der Waals surface area (Å²) in [4.78, 5) is 0. The van der Waals surface area contributed by atoms with Gasteiger partial charge in [-0.25, -0.2) is 8.42 Å². The Labute approximate surface area is 110 Å². The minimum atomic E-state index is -3.12.